The first-order valence-electron chi connectivity index (χ1n) is 28.8. The Balaban J connectivity index is 2.43. The van der Waals surface area contributed by atoms with Crippen LogP contribution in [-0.2, 0) is 68.7 Å². The van der Waals surface area contributed by atoms with Crippen molar-refractivity contribution >= 4 is 76.9 Å². The third-order valence-electron chi connectivity index (χ3n) is 14.5. The summed E-state index contributed by atoms with van der Waals surface area (Å²) in [6.07, 6.45) is -0.114. The van der Waals surface area contributed by atoms with Crippen LogP contribution in [0.1, 0.15) is 145 Å². The topological polar surface area (TPSA) is 449 Å². The average Bonchev–Trinajstić information content (AvgIpc) is 3.67. The molecule has 2 rings (SSSR count). The van der Waals surface area contributed by atoms with E-state index in [0.717, 1.165) is 38.1 Å². The number of likely N-dealkylation sites (N-methyl/N-ethyl adjacent to an activating group) is 1. The summed E-state index contributed by atoms with van der Waals surface area (Å²) in [7, 11) is 1.07. The van der Waals surface area contributed by atoms with Crippen molar-refractivity contribution in [3.63, 3.8) is 0 Å². The monoisotopic (exact) mass is 1230 g/mol. The van der Waals surface area contributed by atoms with Gasteiger partial charge in [-0.3, -0.25) is 62.3 Å². The first-order chi connectivity index (χ1) is 40.3. The first kappa shape index (κ1) is 74.2. The number of carbonyl (C=O) groups is 13. The molecule has 1 saturated carbocycles. The first-order valence-corrected chi connectivity index (χ1v) is 28.8. The summed E-state index contributed by atoms with van der Waals surface area (Å²) in [5.41, 5.74) is 5.89. The number of imidazole rings is 1. The Bertz CT molecular complexity index is 2470. The highest BCUT2D eigenvalue weighted by Crippen LogP contribution is 2.28. The molecule has 0 aromatic carbocycles. The van der Waals surface area contributed by atoms with E-state index in [0.29, 0.717) is 18.5 Å². The zero-order valence-corrected chi connectivity index (χ0v) is 50.3. The van der Waals surface area contributed by atoms with Crippen LogP contribution in [0.15, 0.2) is 12.5 Å². The van der Waals surface area contributed by atoms with E-state index >= 15 is 0 Å². The summed E-state index contributed by atoms with van der Waals surface area (Å²) in [6.45, 7) is 11.4. The van der Waals surface area contributed by atoms with Gasteiger partial charge in [-0.2, -0.15) is 0 Å². The largest absolute Gasteiger partial charge is 0.481 e. The van der Waals surface area contributed by atoms with E-state index in [-0.39, 0.29) is 49.9 Å². The molecule has 15 N–H and O–H groups in total. The Kier molecular flexibility index (Phi) is 31.8. The molecule has 11 amide bonds. The second-order valence-electron chi connectivity index (χ2n) is 22.7. The number of carboxylic acids is 2. The Morgan fingerprint density at radius 2 is 1.13 bits per heavy atom. The van der Waals surface area contributed by atoms with Crippen molar-refractivity contribution in [2.75, 3.05) is 13.7 Å². The Hall–Kier alpha value is -7.86. The van der Waals surface area contributed by atoms with Crippen molar-refractivity contribution in [2.45, 2.75) is 212 Å². The van der Waals surface area contributed by atoms with Crippen LogP contribution < -0.4 is 53.6 Å². The van der Waals surface area contributed by atoms with Crippen LogP contribution >= 0.6 is 0 Å². The maximum atomic E-state index is 14.5. The molecule has 1 aliphatic rings. The lowest BCUT2D eigenvalue weighted by molar-refractivity contribution is -0.143. The summed E-state index contributed by atoms with van der Waals surface area (Å²) >= 11 is 0. The van der Waals surface area contributed by atoms with Crippen molar-refractivity contribution in [3.05, 3.63) is 18.2 Å². The lowest BCUT2D eigenvalue weighted by atomic mass is 9.84. The number of hydrogen-bond donors (Lipinski definition) is 14. The third kappa shape index (κ3) is 26.2. The molecule has 31 heteroatoms. The molecule has 0 aliphatic heterocycles. The standard InChI is InChI=1S/C55H89F2N13O16/c1-10-29(6)45(69-52(83)36(19-28(4)5)64-48(79)34(16-17-43(73)74)62-51(82)39(23-44(75)76)61-31(8)72)54(85)66-37(20-32-14-12-11-13-15-32)49(80)67-40(22-42(56)57)55(86)70(9)30(7)47(78)68-41(25-71)53(84)65-38(21-33-24-59-26-60-33)50(81)63-35(46(58)77)18-27(2)3/h24,26-30,32,34-42,45,71H,10-23,25H2,1-9H3,(H2,58,77)(H,59,60)(H,61,72)(H,62,82)(H,63,81)(H,64,79)(H,65,84)(H,66,85)(H,67,80)(H,68,78)(H,69,83)(H,73,74)(H,75,76)/t29-,30-,34+,35-,36-,37-,38-,39-,40-,41-,45-/m0/s1. The fraction of sp³-hybridized carbons (Fsp3) is 0.709. The van der Waals surface area contributed by atoms with Gasteiger partial charge < -0.3 is 78.8 Å². The van der Waals surface area contributed by atoms with Gasteiger partial charge in [0.15, 0.2) is 0 Å². The summed E-state index contributed by atoms with van der Waals surface area (Å²) < 4.78 is 28.8. The van der Waals surface area contributed by atoms with Gasteiger partial charge in [0, 0.05) is 45.1 Å². The summed E-state index contributed by atoms with van der Waals surface area (Å²) in [6, 6.07) is -15.6. The molecule has 0 spiro atoms. The number of aliphatic hydroxyl groups is 1. The number of aliphatic carboxylic acids is 2. The van der Waals surface area contributed by atoms with E-state index in [1.54, 1.807) is 41.5 Å². The minimum atomic E-state index is -3.21. The lowest BCUT2D eigenvalue weighted by Crippen LogP contribution is -2.61. The highest BCUT2D eigenvalue weighted by Gasteiger charge is 2.39. The molecule has 484 valence electrons. The number of aliphatic hydroxyl groups excluding tert-OH is 1. The number of carbonyl (C=O) groups excluding carboxylic acids is 11. The van der Waals surface area contributed by atoms with Crippen molar-refractivity contribution in [2.24, 2.45) is 29.4 Å². The number of aromatic nitrogens is 2. The molecule has 0 saturated heterocycles. The van der Waals surface area contributed by atoms with Gasteiger partial charge in [0.25, 0.3) is 0 Å². The van der Waals surface area contributed by atoms with E-state index in [1.165, 1.54) is 19.4 Å². The Labute approximate surface area is 498 Å². The fourth-order valence-electron chi connectivity index (χ4n) is 9.48. The Morgan fingerprint density at radius 1 is 0.628 bits per heavy atom. The summed E-state index contributed by atoms with van der Waals surface area (Å²) in [4.78, 5) is 180. The SMILES string of the molecule is CC[C@H](C)[C@H](NC(=O)[C@H](CC(C)C)NC(=O)[C@@H](CCC(=O)O)NC(=O)[C@H](CC(=O)O)NC(C)=O)C(=O)N[C@@H](CC1CCCCC1)C(=O)N[C@@H](CC(F)F)C(=O)N(C)[C@@H](C)C(=O)N[C@@H](CO)C(=O)N[C@@H](Cc1cnc[nH]1)C(=O)N[C@@H](CC(C)C)C(N)=O. The van der Waals surface area contributed by atoms with Crippen LogP contribution in [-0.4, -0.2) is 188 Å². The molecule has 11 atom stereocenters. The number of hydrogen-bond acceptors (Lipinski definition) is 15. The molecule has 1 fully saturated rings. The molecule has 86 heavy (non-hydrogen) atoms. The second-order valence-corrected chi connectivity index (χ2v) is 22.7. The summed E-state index contributed by atoms with van der Waals surface area (Å²) in [5.74, 6) is -15.0. The van der Waals surface area contributed by atoms with Crippen LogP contribution in [0.4, 0.5) is 8.78 Å². The van der Waals surface area contributed by atoms with Crippen molar-refractivity contribution in [1.29, 1.82) is 0 Å². The minimum Gasteiger partial charge on any atom is -0.481 e. The van der Waals surface area contributed by atoms with E-state index in [9.17, 15) is 86.4 Å². The second kappa shape index (κ2) is 36.9. The van der Waals surface area contributed by atoms with E-state index in [1.807, 2.05) is 0 Å². The van der Waals surface area contributed by atoms with Gasteiger partial charge >= 0.3 is 11.9 Å². The maximum absolute atomic E-state index is 14.5. The van der Waals surface area contributed by atoms with E-state index < -0.39 is 182 Å². The highest BCUT2D eigenvalue weighted by atomic mass is 19.3. The van der Waals surface area contributed by atoms with Crippen LogP contribution in [0, 0.1) is 23.7 Å². The maximum Gasteiger partial charge on any atom is 0.305 e. The van der Waals surface area contributed by atoms with Gasteiger partial charge in [0.2, 0.25) is 71.4 Å². The smallest absolute Gasteiger partial charge is 0.305 e. The van der Waals surface area contributed by atoms with E-state index in [2.05, 4.69) is 57.8 Å². The molecule has 1 aromatic rings. The lowest BCUT2D eigenvalue weighted by Gasteiger charge is -2.33. The number of amides is 11. The minimum absolute atomic E-state index is 0.0353. The van der Waals surface area contributed by atoms with Crippen LogP contribution in [0.5, 0.6) is 0 Å². The number of aromatic amines is 1. The van der Waals surface area contributed by atoms with Crippen LogP contribution in [0.3, 0.4) is 0 Å². The molecular weight excluding hydrogens is 1140 g/mol. The number of H-pyrrole nitrogens is 1. The molecule has 1 heterocycles. The predicted molar refractivity (Wildman–Crippen MR) is 303 cm³/mol. The zero-order valence-electron chi connectivity index (χ0n) is 50.3. The van der Waals surface area contributed by atoms with Gasteiger partial charge in [0.05, 0.1) is 19.4 Å². The molecule has 0 unspecified atom stereocenters. The third-order valence-corrected chi connectivity index (χ3v) is 14.5. The van der Waals surface area contributed by atoms with Gasteiger partial charge in [-0.05, 0) is 56.3 Å². The van der Waals surface area contributed by atoms with Gasteiger partial charge in [0.1, 0.15) is 60.4 Å². The number of nitrogens with two attached hydrogens (primary N) is 1. The van der Waals surface area contributed by atoms with Gasteiger partial charge in [-0.1, -0.05) is 80.1 Å². The number of carboxylic acid groups (broad SMARTS) is 2. The predicted octanol–water partition coefficient (Wildman–Crippen LogP) is -1.24. The Morgan fingerprint density at radius 3 is 1.65 bits per heavy atom. The number of nitrogens with one attached hydrogen (secondary N) is 10. The molecule has 0 bridgehead atoms. The number of nitrogens with zero attached hydrogens (tertiary/aromatic N) is 2. The van der Waals surface area contributed by atoms with Crippen LogP contribution in [0.25, 0.3) is 0 Å². The van der Waals surface area contributed by atoms with Gasteiger partial charge in [-0.25, -0.2) is 13.8 Å². The summed E-state index contributed by atoms with van der Waals surface area (Å²) in [5, 5.41) is 50.8. The number of primary amides is 1. The van der Waals surface area contributed by atoms with Gasteiger partial charge in [-0.15, -0.1) is 0 Å². The fourth-order valence-corrected chi connectivity index (χ4v) is 9.48. The average molecular weight is 1230 g/mol. The number of alkyl halides is 2. The number of halogens is 2. The molecule has 29 nitrogen and oxygen atoms in total. The van der Waals surface area contributed by atoms with E-state index in [4.69, 9.17) is 5.73 Å². The number of rotatable bonds is 38. The van der Waals surface area contributed by atoms with Crippen molar-refractivity contribution in [3.8, 4) is 0 Å². The molecule has 1 aliphatic carbocycles. The quantitative estimate of drug-likeness (QED) is 0.0368. The highest BCUT2D eigenvalue weighted by molar-refractivity contribution is 5.99. The zero-order chi connectivity index (χ0) is 65.1. The molecule has 1 aromatic heterocycles. The van der Waals surface area contributed by atoms with Crippen LogP contribution in [0.2, 0.25) is 0 Å². The molecule has 0 radical (unpaired) electrons. The van der Waals surface area contributed by atoms with Crippen molar-refractivity contribution < 1.29 is 86.4 Å². The molecular formula is C55H89F2N13O16. The normalized spacial score (nSPS) is 16.4. The van der Waals surface area contributed by atoms with Crippen molar-refractivity contribution in [1.82, 2.24) is 62.7 Å².